The number of amides is 1. The van der Waals surface area contributed by atoms with E-state index in [0.717, 1.165) is 25.6 Å². The molecule has 6 heteroatoms. The Balaban J connectivity index is 2.01. The number of hydrogen-bond donors (Lipinski definition) is 2. The zero-order valence-corrected chi connectivity index (χ0v) is 13.0. The van der Waals surface area contributed by atoms with Crippen LogP contribution in [0.5, 0.6) is 0 Å². The van der Waals surface area contributed by atoms with Gasteiger partial charge in [0.2, 0.25) is 0 Å². The summed E-state index contributed by atoms with van der Waals surface area (Å²) < 4.78 is 27.1. The summed E-state index contributed by atoms with van der Waals surface area (Å²) in [7, 11) is 0. The summed E-state index contributed by atoms with van der Waals surface area (Å²) in [6.07, 6.45) is -0.174. The van der Waals surface area contributed by atoms with Gasteiger partial charge in [-0.15, -0.1) is 0 Å². The predicted molar refractivity (Wildman–Crippen MR) is 88.1 cm³/mol. The highest BCUT2D eigenvalue weighted by Gasteiger charge is 2.24. The third-order valence-electron chi connectivity index (χ3n) is 4.20. The number of carboxylic acid groups (broad SMARTS) is 1. The Labute approximate surface area is 138 Å². The summed E-state index contributed by atoms with van der Waals surface area (Å²) in [4.78, 5) is 13.0. The zero-order valence-electron chi connectivity index (χ0n) is 13.0. The molecule has 1 aliphatic heterocycles. The number of rotatable bonds is 4. The van der Waals surface area contributed by atoms with Crippen LogP contribution in [-0.4, -0.2) is 30.8 Å². The Morgan fingerprint density at radius 3 is 2.54 bits per heavy atom. The Kier molecular flexibility index (Phi) is 4.76. The number of nitrogens with zero attached hydrogens (tertiary/aromatic N) is 1. The lowest BCUT2D eigenvalue weighted by molar-refractivity contribution is 0.200. The minimum absolute atomic E-state index is 0.221. The van der Waals surface area contributed by atoms with E-state index in [1.54, 1.807) is 24.3 Å². The monoisotopic (exact) mass is 332 g/mol. The van der Waals surface area contributed by atoms with E-state index in [9.17, 15) is 18.7 Å². The first kappa shape index (κ1) is 16.4. The molecule has 0 unspecified atom stereocenters. The van der Waals surface area contributed by atoms with Crippen LogP contribution in [0.25, 0.3) is 11.1 Å². The molecule has 0 spiro atoms. The summed E-state index contributed by atoms with van der Waals surface area (Å²) in [5.41, 5.74) is 1.24. The molecule has 1 amide bonds. The van der Waals surface area contributed by atoms with Crippen LogP contribution in [0.3, 0.4) is 0 Å². The predicted octanol–water partition coefficient (Wildman–Crippen LogP) is 3.73. The number of hydrogen-bond acceptors (Lipinski definition) is 2. The number of para-hydroxylation sites is 1. The van der Waals surface area contributed by atoms with E-state index in [-0.39, 0.29) is 5.92 Å². The molecule has 24 heavy (non-hydrogen) atoms. The Hall–Kier alpha value is -2.47. The van der Waals surface area contributed by atoms with Crippen molar-refractivity contribution in [1.82, 2.24) is 5.32 Å². The Bertz CT molecular complexity index is 725. The maximum absolute atomic E-state index is 13.6. The largest absolute Gasteiger partial charge is 0.465 e. The van der Waals surface area contributed by atoms with Crippen LogP contribution in [0.15, 0.2) is 42.5 Å². The van der Waals surface area contributed by atoms with Crippen LogP contribution < -0.4 is 10.2 Å². The van der Waals surface area contributed by atoms with Crippen LogP contribution in [0.2, 0.25) is 0 Å². The average molecular weight is 332 g/mol. The van der Waals surface area contributed by atoms with Crippen LogP contribution in [-0.2, 0) is 0 Å². The summed E-state index contributed by atoms with van der Waals surface area (Å²) >= 11 is 0. The minimum atomic E-state index is -1.08. The van der Waals surface area contributed by atoms with E-state index < -0.39 is 17.7 Å². The fourth-order valence-corrected chi connectivity index (χ4v) is 3.07. The molecule has 1 atom stereocenters. The van der Waals surface area contributed by atoms with Gasteiger partial charge in [0.15, 0.2) is 0 Å². The maximum Gasteiger partial charge on any atom is 0.411 e. The lowest BCUT2D eigenvalue weighted by Crippen LogP contribution is -2.35. The second kappa shape index (κ2) is 6.97. The van der Waals surface area contributed by atoms with E-state index in [1.165, 1.54) is 17.0 Å². The van der Waals surface area contributed by atoms with Crippen molar-refractivity contribution < 1.29 is 18.7 Å². The van der Waals surface area contributed by atoms with Gasteiger partial charge in [-0.05, 0) is 49.2 Å². The Morgan fingerprint density at radius 2 is 1.92 bits per heavy atom. The van der Waals surface area contributed by atoms with Crippen molar-refractivity contribution in [3.05, 3.63) is 54.1 Å². The number of benzene rings is 2. The van der Waals surface area contributed by atoms with Gasteiger partial charge in [-0.25, -0.2) is 13.6 Å². The molecule has 2 N–H and O–H groups in total. The molecule has 0 aliphatic carbocycles. The summed E-state index contributed by atoms with van der Waals surface area (Å²) in [6.45, 7) is 1.98. The van der Waals surface area contributed by atoms with Gasteiger partial charge < -0.3 is 10.4 Å². The van der Waals surface area contributed by atoms with Gasteiger partial charge in [0, 0.05) is 18.2 Å². The van der Waals surface area contributed by atoms with Crippen molar-refractivity contribution in [2.24, 2.45) is 5.92 Å². The Morgan fingerprint density at radius 1 is 1.21 bits per heavy atom. The summed E-state index contributed by atoms with van der Waals surface area (Å²) in [5, 5.41) is 12.8. The normalized spacial score (nSPS) is 17.0. The van der Waals surface area contributed by atoms with Crippen LogP contribution in [0.4, 0.5) is 19.3 Å². The number of nitrogens with one attached hydrogen (secondary N) is 1. The standard InChI is InChI=1S/C18H18F2N2O2/c19-14-7-13(8-15(20)9-14)16-3-1-2-4-17(16)22(18(23)24)11-12-5-6-21-10-12/h1-4,7-9,12,21H,5-6,10-11H2,(H,23,24)/t12-/m0/s1. The average Bonchev–Trinajstić information content (AvgIpc) is 3.04. The molecular weight excluding hydrogens is 314 g/mol. The highest BCUT2D eigenvalue weighted by molar-refractivity contribution is 5.92. The number of halogens is 2. The van der Waals surface area contributed by atoms with E-state index in [2.05, 4.69) is 5.32 Å². The first-order valence-electron chi connectivity index (χ1n) is 7.81. The highest BCUT2D eigenvalue weighted by Crippen LogP contribution is 2.32. The number of carbonyl (C=O) groups is 1. The SMILES string of the molecule is O=C(O)N(C[C@H]1CCNC1)c1ccccc1-c1cc(F)cc(F)c1. The molecule has 0 aromatic heterocycles. The molecular formula is C18H18F2N2O2. The first-order chi connectivity index (χ1) is 11.5. The molecule has 2 aromatic rings. The van der Waals surface area contributed by atoms with Crippen LogP contribution in [0.1, 0.15) is 6.42 Å². The molecule has 0 saturated carbocycles. The molecule has 0 bridgehead atoms. The maximum atomic E-state index is 13.6. The molecule has 4 nitrogen and oxygen atoms in total. The van der Waals surface area contributed by atoms with Crippen LogP contribution >= 0.6 is 0 Å². The second-order valence-electron chi connectivity index (χ2n) is 5.93. The zero-order chi connectivity index (χ0) is 17.1. The highest BCUT2D eigenvalue weighted by atomic mass is 19.1. The van der Waals surface area contributed by atoms with Gasteiger partial charge in [-0.3, -0.25) is 4.90 Å². The molecule has 1 heterocycles. The molecule has 1 fully saturated rings. The lowest BCUT2D eigenvalue weighted by Gasteiger charge is -2.25. The van der Waals surface area contributed by atoms with Gasteiger partial charge in [-0.1, -0.05) is 18.2 Å². The van der Waals surface area contributed by atoms with Gasteiger partial charge in [0.25, 0.3) is 0 Å². The summed E-state index contributed by atoms with van der Waals surface area (Å²) in [6, 6.07) is 9.99. The first-order valence-corrected chi connectivity index (χ1v) is 7.81. The molecule has 0 radical (unpaired) electrons. The van der Waals surface area contributed by atoms with Crippen molar-refractivity contribution in [2.45, 2.75) is 6.42 Å². The smallest absolute Gasteiger partial charge is 0.411 e. The topological polar surface area (TPSA) is 52.6 Å². The van der Waals surface area contributed by atoms with Crippen molar-refractivity contribution in [3.63, 3.8) is 0 Å². The van der Waals surface area contributed by atoms with Gasteiger partial charge in [-0.2, -0.15) is 0 Å². The summed E-state index contributed by atoms with van der Waals surface area (Å²) in [5.74, 6) is -1.17. The third-order valence-corrected chi connectivity index (χ3v) is 4.20. The van der Waals surface area contributed by atoms with E-state index in [1.807, 2.05) is 0 Å². The second-order valence-corrected chi connectivity index (χ2v) is 5.93. The molecule has 126 valence electrons. The van der Waals surface area contributed by atoms with E-state index in [4.69, 9.17) is 0 Å². The van der Waals surface area contributed by atoms with Gasteiger partial charge >= 0.3 is 6.09 Å². The molecule has 3 rings (SSSR count). The van der Waals surface area contributed by atoms with Crippen molar-refractivity contribution in [2.75, 3.05) is 24.5 Å². The van der Waals surface area contributed by atoms with Crippen LogP contribution in [0, 0.1) is 17.6 Å². The third kappa shape index (κ3) is 3.54. The quantitative estimate of drug-likeness (QED) is 0.897. The molecule has 1 aliphatic rings. The lowest BCUT2D eigenvalue weighted by atomic mass is 10.0. The minimum Gasteiger partial charge on any atom is -0.465 e. The fourth-order valence-electron chi connectivity index (χ4n) is 3.07. The van der Waals surface area contributed by atoms with Crippen molar-refractivity contribution in [3.8, 4) is 11.1 Å². The van der Waals surface area contributed by atoms with Gasteiger partial charge in [0.05, 0.1) is 5.69 Å². The van der Waals surface area contributed by atoms with E-state index in [0.29, 0.717) is 23.4 Å². The van der Waals surface area contributed by atoms with Gasteiger partial charge in [0.1, 0.15) is 11.6 Å². The van der Waals surface area contributed by atoms with Crippen molar-refractivity contribution in [1.29, 1.82) is 0 Å². The molecule has 2 aromatic carbocycles. The van der Waals surface area contributed by atoms with Crippen molar-refractivity contribution >= 4 is 11.8 Å². The fraction of sp³-hybridized carbons (Fsp3) is 0.278. The van der Waals surface area contributed by atoms with E-state index >= 15 is 0 Å². The molecule has 1 saturated heterocycles. The number of anilines is 1.